The molecule has 0 fully saturated rings. The van der Waals surface area contributed by atoms with Gasteiger partial charge in [0.15, 0.2) is 0 Å². The lowest BCUT2D eigenvalue weighted by Gasteiger charge is -2.16. The number of carbonyl (C=O) groups excluding carboxylic acids is 2. The van der Waals surface area contributed by atoms with Crippen LogP contribution in [0.1, 0.15) is 19.3 Å². The van der Waals surface area contributed by atoms with E-state index in [1.165, 1.54) is 0 Å². The molecule has 0 aromatic heterocycles. The second-order valence-electron chi connectivity index (χ2n) is 3.82. The Hall–Kier alpha value is -1.84. The normalized spacial score (nSPS) is 9.76. The van der Waals surface area contributed by atoms with Crippen molar-refractivity contribution >= 4 is 17.5 Å². The topological polar surface area (TPSA) is 49.4 Å². The third-order valence-corrected chi connectivity index (χ3v) is 2.59. The lowest BCUT2D eigenvalue weighted by atomic mass is 10.2. The van der Waals surface area contributed by atoms with E-state index in [9.17, 15) is 9.59 Å². The van der Waals surface area contributed by atoms with Crippen molar-refractivity contribution in [3.63, 3.8) is 0 Å². The molecule has 0 unspecified atom stereocenters. The molecule has 17 heavy (non-hydrogen) atoms. The number of benzene rings is 1. The molecule has 92 valence electrons. The van der Waals surface area contributed by atoms with Gasteiger partial charge < -0.3 is 10.2 Å². The van der Waals surface area contributed by atoms with Gasteiger partial charge in [0, 0.05) is 32.6 Å². The van der Waals surface area contributed by atoms with Gasteiger partial charge in [-0.05, 0) is 18.6 Å². The fourth-order valence-corrected chi connectivity index (χ4v) is 1.49. The lowest BCUT2D eigenvalue weighted by molar-refractivity contribution is -0.121. The Morgan fingerprint density at radius 2 is 1.82 bits per heavy atom. The molecule has 1 aromatic carbocycles. The quantitative estimate of drug-likeness (QED) is 0.840. The first kappa shape index (κ1) is 13.2. The minimum atomic E-state index is -0.0276. The van der Waals surface area contributed by atoms with Crippen molar-refractivity contribution in [1.29, 1.82) is 0 Å². The van der Waals surface area contributed by atoms with Gasteiger partial charge in [0.2, 0.25) is 11.8 Å². The van der Waals surface area contributed by atoms with E-state index in [1.54, 1.807) is 19.0 Å². The molecule has 0 heterocycles. The number of anilines is 1. The predicted octanol–water partition coefficient (Wildman–Crippen LogP) is 1.57. The standard InChI is InChI=1S/C13H18N2O2/c1-14-12(16)9-6-10-13(17)15(2)11-7-4-3-5-8-11/h3-5,7-8H,6,9-10H2,1-2H3,(H,14,16). The summed E-state index contributed by atoms with van der Waals surface area (Å²) in [5.41, 5.74) is 0.873. The van der Waals surface area contributed by atoms with Crippen LogP contribution in [0, 0.1) is 0 Å². The number of nitrogens with one attached hydrogen (secondary N) is 1. The van der Waals surface area contributed by atoms with E-state index in [0.717, 1.165) is 5.69 Å². The van der Waals surface area contributed by atoms with Crippen LogP contribution >= 0.6 is 0 Å². The number of carbonyl (C=O) groups is 2. The Morgan fingerprint density at radius 1 is 1.18 bits per heavy atom. The summed E-state index contributed by atoms with van der Waals surface area (Å²) in [7, 11) is 3.35. The monoisotopic (exact) mass is 234 g/mol. The second-order valence-corrected chi connectivity index (χ2v) is 3.82. The first-order chi connectivity index (χ1) is 8.15. The number of amides is 2. The highest BCUT2D eigenvalue weighted by Gasteiger charge is 2.10. The SMILES string of the molecule is CNC(=O)CCCC(=O)N(C)c1ccccc1. The minimum absolute atomic E-state index is 0.0276. The lowest BCUT2D eigenvalue weighted by Crippen LogP contribution is -2.26. The van der Waals surface area contributed by atoms with Crippen LogP contribution in [0.5, 0.6) is 0 Å². The summed E-state index contributed by atoms with van der Waals surface area (Å²) in [5, 5.41) is 2.54. The van der Waals surface area contributed by atoms with Crippen molar-refractivity contribution in [2.75, 3.05) is 19.0 Å². The molecule has 0 aliphatic heterocycles. The Labute approximate surface area is 102 Å². The van der Waals surface area contributed by atoms with E-state index < -0.39 is 0 Å². The third kappa shape index (κ3) is 4.26. The summed E-state index contributed by atoms with van der Waals surface area (Å²) >= 11 is 0. The highest BCUT2D eigenvalue weighted by Crippen LogP contribution is 2.12. The van der Waals surface area contributed by atoms with Gasteiger partial charge in [0.05, 0.1) is 0 Å². The van der Waals surface area contributed by atoms with Crippen LogP contribution in [0.3, 0.4) is 0 Å². The van der Waals surface area contributed by atoms with Crippen molar-refractivity contribution < 1.29 is 9.59 Å². The van der Waals surface area contributed by atoms with Crippen LogP contribution in [0.2, 0.25) is 0 Å². The van der Waals surface area contributed by atoms with E-state index in [4.69, 9.17) is 0 Å². The van der Waals surface area contributed by atoms with Crippen molar-refractivity contribution in [3.8, 4) is 0 Å². The van der Waals surface area contributed by atoms with E-state index in [2.05, 4.69) is 5.32 Å². The number of hydrogen-bond donors (Lipinski definition) is 1. The number of hydrogen-bond acceptors (Lipinski definition) is 2. The van der Waals surface area contributed by atoms with Gasteiger partial charge in [-0.15, -0.1) is 0 Å². The minimum Gasteiger partial charge on any atom is -0.359 e. The van der Waals surface area contributed by atoms with Gasteiger partial charge in [-0.25, -0.2) is 0 Å². The molecule has 0 saturated carbocycles. The average molecular weight is 234 g/mol. The Bertz CT molecular complexity index is 376. The first-order valence-electron chi connectivity index (χ1n) is 5.67. The zero-order chi connectivity index (χ0) is 12.7. The Balaban J connectivity index is 2.40. The maximum Gasteiger partial charge on any atom is 0.226 e. The average Bonchev–Trinajstić information content (AvgIpc) is 2.38. The molecule has 1 aromatic rings. The van der Waals surface area contributed by atoms with Crippen LogP contribution < -0.4 is 10.2 Å². The molecule has 4 heteroatoms. The maximum atomic E-state index is 11.8. The fraction of sp³-hybridized carbons (Fsp3) is 0.385. The van der Waals surface area contributed by atoms with E-state index in [-0.39, 0.29) is 11.8 Å². The Kier molecular flexibility index (Phi) is 5.20. The Morgan fingerprint density at radius 3 is 2.41 bits per heavy atom. The van der Waals surface area contributed by atoms with Gasteiger partial charge in [-0.1, -0.05) is 18.2 Å². The van der Waals surface area contributed by atoms with Crippen LogP contribution in [0.25, 0.3) is 0 Å². The van der Waals surface area contributed by atoms with Crippen LogP contribution in [0.15, 0.2) is 30.3 Å². The largest absolute Gasteiger partial charge is 0.359 e. The molecule has 1 N–H and O–H groups in total. The summed E-state index contributed by atoms with van der Waals surface area (Å²) < 4.78 is 0. The molecule has 1 rings (SSSR count). The second kappa shape index (κ2) is 6.68. The van der Waals surface area contributed by atoms with Crippen LogP contribution in [0.4, 0.5) is 5.69 Å². The summed E-state index contributed by atoms with van der Waals surface area (Å²) in [6.45, 7) is 0. The van der Waals surface area contributed by atoms with Crippen molar-refractivity contribution in [2.24, 2.45) is 0 Å². The molecule has 0 bridgehead atoms. The number of para-hydroxylation sites is 1. The maximum absolute atomic E-state index is 11.8. The van der Waals surface area contributed by atoms with Crippen molar-refractivity contribution in [3.05, 3.63) is 30.3 Å². The highest BCUT2D eigenvalue weighted by atomic mass is 16.2. The van der Waals surface area contributed by atoms with Crippen LogP contribution in [-0.4, -0.2) is 25.9 Å². The van der Waals surface area contributed by atoms with E-state index in [1.807, 2.05) is 30.3 Å². The predicted molar refractivity (Wildman–Crippen MR) is 67.8 cm³/mol. The molecular weight excluding hydrogens is 216 g/mol. The zero-order valence-electron chi connectivity index (χ0n) is 10.3. The van der Waals surface area contributed by atoms with Gasteiger partial charge in [0.25, 0.3) is 0 Å². The molecule has 0 saturated heterocycles. The number of rotatable bonds is 5. The van der Waals surface area contributed by atoms with Gasteiger partial charge >= 0.3 is 0 Å². The smallest absolute Gasteiger partial charge is 0.226 e. The van der Waals surface area contributed by atoms with Gasteiger partial charge in [-0.2, -0.15) is 0 Å². The van der Waals surface area contributed by atoms with E-state index >= 15 is 0 Å². The van der Waals surface area contributed by atoms with E-state index in [0.29, 0.717) is 19.3 Å². The third-order valence-electron chi connectivity index (χ3n) is 2.59. The molecule has 0 radical (unpaired) electrons. The molecule has 0 aliphatic rings. The van der Waals surface area contributed by atoms with Crippen molar-refractivity contribution in [1.82, 2.24) is 5.32 Å². The summed E-state index contributed by atoms with van der Waals surface area (Å²) in [6, 6.07) is 9.47. The summed E-state index contributed by atoms with van der Waals surface area (Å²) in [5.74, 6) is 0.000247. The molecule has 0 atom stereocenters. The van der Waals surface area contributed by atoms with Crippen LogP contribution in [-0.2, 0) is 9.59 Å². The molecule has 0 spiro atoms. The first-order valence-corrected chi connectivity index (χ1v) is 5.67. The number of nitrogens with zero attached hydrogens (tertiary/aromatic N) is 1. The zero-order valence-corrected chi connectivity index (χ0v) is 10.3. The molecular formula is C13H18N2O2. The van der Waals surface area contributed by atoms with Gasteiger partial charge in [0.1, 0.15) is 0 Å². The highest BCUT2D eigenvalue weighted by molar-refractivity contribution is 5.92. The summed E-state index contributed by atoms with van der Waals surface area (Å²) in [6.07, 6.45) is 1.36. The molecule has 0 aliphatic carbocycles. The summed E-state index contributed by atoms with van der Waals surface area (Å²) in [4.78, 5) is 24.4. The molecule has 2 amide bonds. The fourth-order valence-electron chi connectivity index (χ4n) is 1.49. The van der Waals surface area contributed by atoms with Gasteiger partial charge in [-0.3, -0.25) is 9.59 Å². The molecule has 4 nitrogen and oxygen atoms in total. The van der Waals surface area contributed by atoms with Crippen molar-refractivity contribution in [2.45, 2.75) is 19.3 Å².